The van der Waals surface area contributed by atoms with Gasteiger partial charge in [-0.1, -0.05) is 90.6 Å². The molecule has 27 heavy (non-hydrogen) atoms. The lowest BCUT2D eigenvalue weighted by Gasteiger charge is -1.98. The van der Waals surface area contributed by atoms with E-state index in [1.807, 2.05) is 85.1 Å². The smallest absolute Gasteiger partial charge is 0.254 e. The molecule has 0 amide bonds. The second-order valence-corrected chi connectivity index (χ2v) is 6.90. The minimum Gasteiger partial charge on any atom is -0.417 e. The highest BCUT2D eigenvalue weighted by atomic mass is 32.2. The summed E-state index contributed by atoms with van der Waals surface area (Å²) in [5.41, 5.74) is 3.21. The fourth-order valence-electron chi connectivity index (χ4n) is 2.58. The highest BCUT2D eigenvalue weighted by molar-refractivity contribution is 7.98. The van der Waals surface area contributed by atoms with E-state index in [2.05, 4.69) is 17.1 Å². The maximum Gasteiger partial charge on any atom is 0.254 e. The van der Waals surface area contributed by atoms with E-state index >= 15 is 0 Å². The molecule has 0 bridgehead atoms. The topological polar surface area (TPSA) is 38.4 Å². The third-order valence-electron chi connectivity index (χ3n) is 3.95. The molecule has 3 nitrogen and oxygen atoms in total. The van der Waals surface area contributed by atoms with E-state index in [9.17, 15) is 0 Å². The van der Waals surface area contributed by atoms with Gasteiger partial charge < -0.3 is 4.42 Å². The van der Waals surface area contributed by atoms with Crippen LogP contribution >= 0.6 is 11.8 Å². The molecule has 132 valence electrons. The van der Waals surface area contributed by atoms with E-state index in [1.54, 1.807) is 11.8 Å². The van der Waals surface area contributed by atoms with Gasteiger partial charge in [0.15, 0.2) is 5.03 Å². The lowest BCUT2D eigenvalue weighted by molar-refractivity contribution is 0.582. The Bertz CT molecular complexity index is 1010. The molecule has 0 N–H and O–H groups in total. The fraction of sp³-hybridized carbons (Fsp3) is 0.0435. The maximum absolute atomic E-state index is 5.98. The number of benzene rings is 3. The van der Waals surface area contributed by atoms with Crippen LogP contribution in [0.15, 0.2) is 105 Å². The van der Waals surface area contributed by atoms with Crippen LogP contribution in [0.1, 0.15) is 11.1 Å². The first-order valence-corrected chi connectivity index (χ1v) is 9.69. The highest BCUT2D eigenvalue weighted by Crippen LogP contribution is 2.35. The predicted molar refractivity (Wildman–Crippen MR) is 112 cm³/mol. The first-order chi connectivity index (χ1) is 13.4. The molecule has 0 saturated carbocycles. The Hall–Kier alpha value is -3.11. The summed E-state index contributed by atoms with van der Waals surface area (Å²) in [6.45, 7) is 0. The van der Waals surface area contributed by atoms with Crippen molar-refractivity contribution in [2.45, 2.75) is 10.8 Å². The number of hydrogen-bond acceptors (Lipinski definition) is 4. The molecule has 3 aromatic carbocycles. The molecule has 0 radical (unpaired) electrons. The minimum absolute atomic E-state index is 0.540. The van der Waals surface area contributed by atoms with Crippen LogP contribution in [0.25, 0.3) is 11.5 Å². The lowest BCUT2D eigenvalue weighted by Crippen LogP contribution is -1.81. The molecule has 4 heteroatoms. The Morgan fingerprint density at radius 1 is 0.815 bits per heavy atom. The molecule has 1 heterocycles. The third-order valence-corrected chi connectivity index (χ3v) is 4.97. The molecule has 0 saturated heterocycles. The largest absolute Gasteiger partial charge is 0.417 e. The molecule has 1 aromatic heterocycles. The van der Waals surface area contributed by atoms with Crippen LogP contribution in [0.5, 0.6) is 0 Å². The lowest BCUT2D eigenvalue weighted by atomic mass is 10.2. The van der Waals surface area contributed by atoms with Gasteiger partial charge in [0.2, 0.25) is 5.89 Å². The number of oxazole rings is 1. The van der Waals surface area contributed by atoms with E-state index in [0.29, 0.717) is 11.8 Å². The minimum atomic E-state index is 0.540. The van der Waals surface area contributed by atoms with Crippen LogP contribution in [0.4, 0.5) is 5.88 Å². The monoisotopic (exact) mass is 370 g/mol. The first kappa shape index (κ1) is 17.3. The Kier molecular flexibility index (Phi) is 5.46. The van der Waals surface area contributed by atoms with Crippen LogP contribution in [0.3, 0.4) is 0 Å². The summed E-state index contributed by atoms with van der Waals surface area (Å²) in [6, 6.07) is 30.2. The van der Waals surface area contributed by atoms with E-state index in [0.717, 1.165) is 21.9 Å². The number of aliphatic imine (C=N–C) groups is 1. The van der Waals surface area contributed by atoms with Gasteiger partial charge in [-0.2, -0.15) is 0 Å². The highest BCUT2D eigenvalue weighted by Gasteiger charge is 2.14. The van der Waals surface area contributed by atoms with Crippen molar-refractivity contribution in [3.8, 4) is 11.5 Å². The first-order valence-electron chi connectivity index (χ1n) is 8.70. The average Bonchev–Trinajstić information content (AvgIpc) is 3.16. The molecule has 4 aromatic rings. The second kappa shape index (κ2) is 8.52. The standard InChI is InChI=1S/C23H18N2OS/c1-4-10-18(11-5-1)16-24-22-23(27-17-19-12-6-2-7-13-19)25-21(26-22)20-14-8-3-9-15-20/h1-16H,17H2/b24-16+. The van der Waals surface area contributed by atoms with Gasteiger partial charge in [-0.25, -0.2) is 9.98 Å². The molecular weight excluding hydrogens is 352 g/mol. The molecule has 0 fully saturated rings. The van der Waals surface area contributed by atoms with Gasteiger partial charge in [-0.3, -0.25) is 0 Å². The number of thioether (sulfide) groups is 1. The summed E-state index contributed by atoms with van der Waals surface area (Å²) in [4.78, 5) is 9.25. The zero-order chi connectivity index (χ0) is 18.3. The molecule has 0 spiro atoms. The Morgan fingerprint density at radius 2 is 1.44 bits per heavy atom. The summed E-state index contributed by atoms with van der Waals surface area (Å²) >= 11 is 1.63. The van der Waals surface area contributed by atoms with E-state index < -0.39 is 0 Å². The van der Waals surface area contributed by atoms with Gasteiger partial charge in [0.05, 0.1) is 0 Å². The predicted octanol–water partition coefficient (Wildman–Crippen LogP) is 6.38. The molecular formula is C23H18N2OS. The van der Waals surface area contributed by atoms with Crippen LogP contribution in [0, 0.1) is 0 Å². The van der Waals surface area contributed by atoms with Gasteiger partial charge in [0.1, 0.15) is 0 Å². The van der Waals surface area contributed by atoms with E-state index in [4.69, 9.17) is 9.40 Å². The summed E-state index contributed by atoms with van der Waals surface area (Å²) in [5, 5.41) is 0.796. The molecule has 0 unspecified atom stereocenters. The summed E-state index contributed by atoms with van der Waals surface area (Å²) < 4.78 is 5.98. The van der Waals surface area contributed by atoms with Crippen molar-refractivity contribution in [2.75, 3.05) is 0 Å². The van der Waals surface area contributed by atoms with Gasteiger partial charge in [-0.15, -0.1) is 0 Å². The zero-order valence-corrected chi connectivity index (χ0v) is 15.5. The van der Waals surface area contributed by atoms with E-state index in [-0.39, 0.29) is 0 Å². The molecule has 0 atom stereocenters. The van der Waals surface area contributed by atoms with Crippen molar-refractivity contribution in [3.05, 3.63) is 102 Å². The number of rotatable bonds is 6. The molecule has 0 aliphatic carbocycles. The summed E-state index contributed by atoms with van der Waals surface area (Å²) in [7, 11) is 0. The number of hydrogen-bond donors (Lipinski definition) is 0. The fourth-order valence-corrected chi connectivity index (χ4v) is 3.44. The zero-order valence-electron chi connectivity index (χ0n) is 14.7. The summed E-state index contributed by atoms with van der Waals surface area (Å²) in [5.74, 6) is 1.94. The second-order valence-electron chi connectivity index (χ2n) is 5.94. The van der Waals surface area contributed by atoms with Crippen LogP contribution in [0.2, 0.25) is 0 Å². The van der Waals surface area contributed by atoms with Crippen molar-refractivity contribution in [1.29, 1.82) is 0 Å². The number of nitrogens with zero attached hydrogens (tertiary/aromatic N) is 2. The Labute approximate surface area is 162 Å². The third kappa shape index (κ3) is 4.54. The normalized spacial score (nSPS) is 11.1. The van der Waals surface area contributed by atoms with Crippen molar-refractivity contribution in [2.24, 2.45) is 4.99 Å². The van der Waals surface area contributed by atoms with Crippen molar-refractivity contribution in [1.82, 2.24) is 4.98 Å². The van der Waals surface area contributed by atoms with Crippen LogP contribution in [-0.2, 0) is 5.75 Å². The average molecular weight is 370 g/mol. The van der Waals surface area contributed by atoms with Crippen LogP contribution < -0.4 is 0 Å². The van der Waals surface area contributed by atoms with Gasteiger partial charge >= 0.3 is 0 Å². The van der Waals surface area contributed by atoms with Crippen molar-refractivity contribution < 1.29 is 4.42 Å². The molecule has 4 rings (SSSR count). The van der Waals surface area contributed by atoms with Crippen LogP contribution in [-0.4, -0.2) is 11.2 Å². The van der Waals surface area contributed by atoms with Gasteiger partial charge in [-0.05, 0) is 23.3 Å². The Balaban J connectivity index is 1.62. The van der Waals surface area contributed by atoms with Gasteiger partial charge in [0, 0.05) is 17.5 Å². The SMILES string of the molecule is C(=N\c1oc(-c2ccccc2)nc1SCc1ccccc1)/c1ccccc1. The van der Waals surface area contributed by atoms with E-state index in [1.165, 1.54) is 5.56 Å². The van der Waals surface area contributed by atoms with Crippen molar-refractivity contribution >= 4 is 23.9 Å². The molecule has 0 aliphatic heterocycles. The maximum atomic E-state index is 5.98. The molecule has 0 aliphatic rings. The Morgan fingerprint density at radius 3 is 2.15 bits per heavy atom. The summed E-state index contributed by atoms with van der Waals surface area (Å²) in [6.07, 6.45) is 1.81. The quantitative estimate of drug-likeness (QED) is 0.292. The van der Waals surface area contributed by atoms with Gasteiger partial charge in [0.25, 0.3) is 5.88 Å². The number of aromatic nitrogens is 1. The van der Waals surface area contributed by atoms with Crippen molar-refractivity contribution in [3.63, 3.8) is 0 Å².